The fourth-order valence-electron chi connectivity index (χ4n) is 3.05. The van der Waals surface area contributed by atoms with Crippen molar-refractivity contribution in [1.29, 1.82) is 0 Å². The van der Waals surface area contributed by atoms with Crippen molar-refractivity contribution in [2.45, 2.75) is 25.3 Å². The molecule has 2 atom stereocenters. The summed E-state index contributed by atoms with van der Waals surface area (Å²) in [5.41, 5.74) is 3.52. The van der Waals surface area contributed by atoms with E-state index in [4.69, 9.17) is 0 Å². The highest BCUT2D eigenvalue weighted by atomic mass is 14.9. The SMILES string of the molecule is CNC(CC1CCCNC1)c1ccc2nc[nH]c2c1. The summed E-state index contributed by atoms with van der Waals surface area (Å²) >= 11 is 0. The first-order valence-electron chi connectivity index (χ1n) is 7.18. The topological polar surface area (TPSA) is 52.7 Å². The molecule has 0 radical (unpaired) electrons. The number of nitrogens with one attached hydrogen (secondary N) is 3. The third-order valence-corrected chi connectivity index (χ3v) is 4.16. The Labute approximate surface area is 114 Å². The minimum absolute atomic E-state index is 0.428. The van der Waals surface area contributed by atoms with Gasteiger partial charge >= 0.3 is 0 Å². The van der Waals surface area contributed by atoms with Crippen LogP contribution in [0, 0.1) is 5.92 Å². The summed E-state index contributed by atoms with van der Waals surface area (Å²) in [4.78, 5) is 7.47. The lowest BCUT2D eigenvalue weighted by Crippen LogP contribution is -2.32. The first-order valence-corrected chi connectivity index (χ1v) is 7.18. The molecule has 0 spiro atoms. The molecule has 2 unspecified atom stereocenters. The van der Waals surface area contributed by atoms with Crippen LogP contribution in [0.15, 0.2) is 24.5 Å². The molecular weight excluding hydrogens is 236 g/mol. The second-order valence-corrected chi connectivity index (χ2v) is 5.47. The number of fused-ring (bicyclic) bond motifs is 1. The van der Waals surface area contributed by atoms with E-state index >= 15 is 0 Å². The van der Waals surface area contributed by atoms with Gasteiger partial charge in [0, 0.05) is 6.04 Å². The standard InChI is InChI=1S/C15H22N4/c1-16-14(7-11-3-2-6-17-9-11)12-4-5-13-15(8-12)19-10-18-13/h4-5,8,10-11,14,16-17H,2-3,6-7,9H2,1H3,(H,18,19). The van der Waals surface area contributed by atoms with E-state index in [0.717, 1.165) is 23.5 Å². The van der Waals surface area contributed by atoms with Gasteiger partial charge in [-0.25, -0.2) is 4.98 Å². The number of hydrogen-bond acceptors (Lipinski definition) is 3. The molecule has 1 saturated heterocycles. The molecule has 0 saturated carbocycles. The number of aromatic amines is 1. The minimum atomic E-state index is 0.428. The van der Waals surface area contributed by atoms with Gasteiger partial charge in [0.15, 0.2) is 0 Å². The van der Waals surface area contributed by atoms with Crippen molar-refractivity contribution < 1.29 is 0 Å². The first kappa shape index (κ1) is 12.6. The minimum Gasteiger partial charge on any atom is -0.345 e. The van der Waals surface area contributed by atoms with Crippen LogP contribution in [0.25, 0.3) is 11.0 Å². The van der Waals surface area contributed by atoms with Gasteiger partial charge in [0.25, 0.3) is 0 Å². The summed E-state index contributed by atoms with van der Waals surface area (Å²) in [7, 11) is 2.05. The Morgan fingerprint density at radius 3 is 3.21 bits per heavy atom. The van der Waals surface area contributed by atoms with Gasteiger partial charge in [0.05, 0.1) is 17.4 Å². The molecule has 1 aliphatic rings. The highest BCUT2D eigenvalue weighted by Gasteiger charge is 2.19. The van der Waals surface area contributed by atoms with Crippen molar-refractivity contribution in [3.8, 4) is 0 Å². The van der Waals surface area contributed by atoms with Crippen LogP contribution in [-0.4, -0.2) is 30.1 Å². The van der Waals surface area contributed by atoms with Gasteiger partial charge in [0.2, 0.25) is 0 Å². The molecule has 0 amide bonds. The number of imidazole rings is 1. The molecule has 3 N–H and O–H groups in total. The number of benzene rings is 1. The Balaban J connectivity index is 1.76. The van der Waals surface area contributed by atoms with Crippen molar-refractivity contribution in [3.05, 3.63) is 30.1 Å². The molecule has 4 nitrogen and oxygen atoms in total. The van der Waals surface area contributed by atoms with Crippen LogP contribution in [0.5, 0.6) is 0 Å². The van der Waals surface area contributed by atoms with Crippen LogP contribution in [0.1, 0.15) is 30.9 Å². The molecule has 4 heteroatoms. The van der Waals surface area contributed by atoms with Crippen LogP contribution in [-0.2, 0) is 0 Å². The van der Waals surface area contributed by atoms with Crippen molar-refractivity contribution in [2.75, 3.05) is 20.1 Å². The molecule has 0 aliphatic carbocycles. The molecular formula is C15H22N4. The maximum absolute atomic E-state index is 4.27. The molecule has 0 bridgehead atoms. The summed E-state index contributed by atoms with van der Waals surface area (Å²) < 4.78 is 0. The maximum atomic E-state index is 4.27. The molecule has 102 valence electrons. The fraction of sp³-hybridized carbons (Fsp3) is 0.533. The Morgan fingerprint density at radius 1 is 1.47 bits per heavy atom. The Kier molecular flexibility index (Phi) is 3.80. The van der Waals surface area contributed by atoms with Crippen LogP contribution in [0.4, 0.5) is 0 Å². The van der Waals surface area contributed by atoms with E-state index in [1.807, 2.05) is 0 Å². The molecule has 1 aromatic carbocycles. The summed E-state index contributed by atoms with van der Waals surface area (Å²) in [6, 6.07) is 6.95. The zero-order valence-corrected chi connectivity index (χ0v) is 11.4. The average Bonchev–Trinajstić information content (AvgIpc) is 2.93. The van der Waals surface area contributed by atoms with E-state index in [2.05, 4.69) is 45.8 Å². The van der Waals surface area contributed by atoms with E-state index in [1.54, 1.807) is 6.33 Å². The van der Waals surface area contributed by atoms with Gasteiger partial charge in [0.1, 0.15) is 0 Å². The summed E-state index contributed by atoms with van der Waals surface area (Å²) in [5, 5.41) is 6.96. The van der Waals surface area contributed by atoms with Gasteiger partial charge in [-0.15, -0.1) is 0 Å². The Hall–Kier alpha value is -1.39. The lowest BCUT2D eigenvalue weighted by atomic mass is 9.89. The van der Waals surface area contributed by atoms with Gasteiger partial charge in [-0.05, 0) is 63.0 Å². The number of rotatable bonds is 4. The van der Waals surface area contributed by atoms with Gasteiger partial charge in [-0.3, -0.25) is 0 Å². The van der Waals surface area contributed by atoms with E-state index in [9.17, 15) is 0 Å². The number of aromatic nitrogens is 2. The molecule has 2 aromatic rings. The molecule has 19 heavy (non-hydrogen) atoms. The molecule has 2 heterocycles. The summed E-state index contributed by atoms with van der Waals surface area (Å²) in [6.07, 6.45) is 5.61. The van der Waals surface area contributed by atoms with Gasteiger partial charge < -0.3 is 15.6 Å². The molecule has 1 fully saturated rings. The normalized spacial score (nSPS) is 21.6. The zero-order chi connectivity index (χ0) is 13.1. The second-order valence-electron chi connectivity index (χ2n) is 5.47. The van der Waals surface area contributed by atoms with Crippen LogP contribution in [0.3, 0.4) is 0 Å². The van der Waals surface area contributed by atoms with E-state index in [-0.39, 0.29) is 0 Å². The number of nitrogens with zero attached hydrogens (tertiary/aromatic N) is 1. The van der Waals surface area contributed by atoms with Gasteiger partial charge in [-0.1, -0.05) is 6.07 Å². The summed E-state index contributed by atoms with van der Waals surface area (Å²) in [6.45, 7) is 2.34. The number of piperidine rings is 1. The monoisotopic (exact) mass is 258 g/mol. The lowest BCUT2D eigenvalue weighted by Gasteiger charge is -2.27. The second kappa shape index (κ2) is 5.72. The largest absolute Gasteiger partial charge is 0.345 e. The van der Waals surface area contributed by atoms with Crippen LogP contribution < -0.4 is 10.6 Å². The van der Waals surface area contributed by atoms with Crippen molar-refractivity contribution >= 4 is 11.0 Å². The summed E-state index contributed by atoms with van der Waals surface area (Å²) in [5.74, 6) is 0.781. The smallest absolute Gasteiger partial charge is 0.0931 e. The third kappa shape index (κ3) is 2.80. The highest BCUT2D eigenvalue weighted by molar-refractivity contribution is 5.75. The van der Waals surface area contributed by atoms with Crippen LogP contribution in [0.2, 0.25) is 0 Å². The van der Waals surface area contributed by atoms with Crippen LogP contribution >= 0.6 is 0 Å². The number of hydrogen-bond donors (Lipinski definition) is 3. The Morgan fingerprint density at radius 2 is 2.42 bits per heavy atom. The quantitative estimate of drug-likeness (QED) is 0.788. The predicted octanol–water partition coefficient (Wildman–Crippen LogP) is 2.21. The van der Waals surface area contributed by atoms with E-state index < -0.39 is 0 Å². The van der Waals surface area contributed by atoms with E-state index in [0.29, 0.717) is 6.04 Å². The third-order valence-electron chi connectivity index (χ3n) is 4.16. The molecule has 3 rings (SSSR count). The zero-order valence-electron chi connectivity index (χ0n) is 11.4. The predicted molar refractivity (Wildman–Crippen MR) is 78.1 cm³/mol. The number of H-pyrrole nitrogens is 1. The van der Waals surface area contributed by atoms with Crippen molar-refractivity contribution in [3.63, 3.8) is 0 Å². The highest BCUT2D eigenvalue weighted by Crippen LogP contribution is 2.26. The van der Waals surface area contributed by atoms with Gasteiger partial charge in [-0.2, -0.15) is 0 Å². The lowest BCUT2D eigenvalue weighted by molar-refractivity contribution is 0.322. The molecule has 1 aliphatic heterocycles. The van der Waals surface area contributed by atoms with E-state index in [1.165, 1.54) is 31.4 Å². The first-order chi connectivity index (χ1) is 9.36. The maximum Gasteiger partial charge on any atom is 0.0931 e. The Bertz CT molecular complexity index is 528. The van der Waals surface area contributed by atoms with Crippen molar-refractivity contribution in [1.82, 2.24) is 20.6 Å². The average molecular weight is 258 g/mol. The van der Waals surface area contributed by atoms with Crippen molar-refractivity contribution in [2.24, 2.45) is 5.92 Å². The molecule has 1 aromatic heterocycles. The fourth-order valence-corrected chi connectivity index (χ4v) is 3.05.